The fourth-order valence-electron chi connectivity index (χ4n) is 1.74. The van der Waals surface area contributed by atoms with Crippen LogP contribution in [0.4, 0.5) is 0 Å². The van der Waals surface area contributed by atoms with E-state index in [9.17, 15) is 0 Å². The maximum Gasteiger partial charge on any atom is 0.0476 e. The largest absolute Gasteiger partial charge is 0.122 e. The molecule has 2 aromatic rings. The molecule has 0 fully saturated rings. The molecule has 0 aliphatic rings. The molecule has 0 aliphatic carbocycles. The quantitative estimate of drug-likeness (QED) is 0.656. The van der Waals surface area contributed by atoms with E-state index < -0.39 is 0 Å². The first-order valence-corrected chi connectivity index (χ1v) is 5.96. The lowest BCUT2D eigenvalue weighted by Crippen LogP contribution is -1.86. The van der Waals surface area contributed by atoms with Crippen LogP contribution < -0.4 is 0 Å². The molecule has 0 bridgehead atoms. The van der Waals surface area contributed by atoms with Crippen molar-refractivity contribution < 1.29 is 0 Å². The second-order valence-corrected chi connectivity index (χ2v) is 4.41. The van der Waals surface area contributed by atoms with Crippen LogP contribution in [-0.4, -0.2) is 0 Å². The second kappa shape index (κ2) is 4.71. The molecule has 0 heterocycles. The van der Waals surface area contributed by atoms with Crippen LogP contribution in [0.25, 0.3) is 11.1 Å². The van der Waals surface area contributed by atoms with Crippen molar-refractivity contribution in [3.05, 3.63) is 59.2 Å². The Balaban J connectivity index is 2.44. The van der Waals surface area contributed by atoms with Crippen LogP contribution in [0.1, 0.15) is 16.7 Å². The van der Waals surface area contributed by atoms with Gasteiger partial charge in [0.15, 0.2) is 0 Å². The smallest absolute Gasteiger partial charge is 0.0476 e. The number of hydrogen-bond acceptors (Lipinski definition) is 0. The van der Waals surface area contributed by atoms with E-state index in [0.717, 1.165) is 0 Å². The molecule has 0 spiro atoms. The maximum atomic E-state index is 5.92. The fraction of sp³-hybridized carbons (Fsp3) is 0.200. The molecule has 0 atom stereocenters. The number of aryl methyl sites for hydroxylation is 2. The third-order valence-electron chi connectivity index (χ3n) is 2.88. The van der Waals surface area contributed by atoms with E-state index in [4.69, 9.17) is 11.6 Å². The summed E-state index contributed by atoms with van der Waals surface area (Å²) in [6.07, 6.45) is 0. The van der Waals surface area contributed by atoms with Gasteiger partial charge in [-0.25, -0.2) is 0 Å². The highest BCUT2D eigenvalue weighted by atomic mass is 35.5. The van der Waals surface area contributed by atoms with E-state index in [0.29, 0.717) is 5.88 Å². The van der Waals surface area contributed by atoms with E-state index in [1.54, 1.807) is 0 Å². The summed E-state index contributed by atoms with van der Waals surface area (Å²) in [7, 11) is 0. The highest BCUT2D eigenvalue weighted by Gasteiger charge is 2.01. The molecular formula is C15H15Cl. The van der Waals surface area contributed by atoms with Gasteiger partial charge in [0, 0.05) is 5.88 Å². The summed E-state index contributed by atoms with van der Waals surface area (Å²) in [5, 5.41) is 0. The Labute approximate surface area is 102 Å². The van der Waals surface area contributed by atoms with Gasteiger partial charge in [0.1, 0.15) is 0 Å². The molecule has 16 heavy (non-hydrogen) atoms. The summed E-state index contributed by atoms with van der Waals surface area (Å²) in [5.41, 5.74) is 6.23. The van der Waals surface area contributed by atoms with Crippen LogP contribution in [0.15, 0.2) is 42.5 Å². The van der Waals surface area contributed by atoms with Crippen LogP contribution in [0.3, 0.4) is 0 Å². The van der Waals surface area contributed by atoms with Gasteiger partial charge >= 0.3 is 0 Å². The molecule has 2 rings (SSSR count). The zero-order valence-corrected chi connectivity index (χ0v) is 10.4. The van der Waals surface area contributed by atoms with Gasteiger partial charge in [0.25, 0.3) is 0 Å². The Morgan fingerprint density at radius 2 is 1.50 bits per heavy atom. The van der Waals surface area contributed by atoms with Crippen molar-refractivity contribution in [2.45, 2.75) is 19.7 Å². The zero-order chi connectivity index (χ0) is 11.5. The van der Waals surface area contributed by atoms with Gasteiger partial charge in [0.05, 0.1) is 0 Å². The minimum absolute atomic E-state index is 0.575. The Bertz CT molecular complexity index is 483. The Morgan fingerprint density at radius 1 is 0.875 bits per heavy atom. The summed E-state index contributed by atoms with van der Waals surface area (Å²) in [4.78, 5) is 0. The molecule has 0 nitrogen and oxygen atoms in total. The van der Waals surface area contributed by atoms with E-state index >= 15 is 0 Å². The van der Waals surface area contributed by atoms with Crippen LogP contribution in [0, 0.1) is 13.8 Å². The molecule has 0 saturated heterocycles. The molecule has 0 aliphatic heterocycles. The SMILES string of the molecule is Cc1ccc(-c2ccc(C)c(CCl)c2)cc1. The van der Waals surface area contributed by atoms with Crippen molar-refractivity contribution in [1.29, 1.82) is 0 Å². The van der Waals surface area contributed by atoms with Crippen LogP contribution >= 0.6 is 11.6 Å². The highest BCUT2D eigenvalue weighted by molar-refractivity contribution is 6.17. The highest BCUT2D eigenvalue weighted by Crippen LogP contribution is 2.23. The van der Waals surface area contributed by atoms with Gasteiger partial charge in [-0.15, -0.1) is 11.6 Å². The molecule has 0 N–H and O–H groups in total. The van der Waals surface area contributed by atoms with Gasteiger partial charge in [-0.3, -0.25) is 0 Å². The zero-order valence-electron chi connectivity index (χ0n) is 9.63. The summed E-state index contributed by atoms with van der Waals surface area (Å²) in [6.45, 7) is 4.19. The number of halogens is 1. The summed E-state index contributed by atoms with van der Waals surface area (Å²) >= 11 is 5.92. The number of rotatable bonds is 2. The monoisotopic (exact) mass is 230 g/mol. The lowest BCUT2D eigenvalue weighted by atomic mass is 10.00. The maximum absolute atomic E-state index is 5.92. The number of benzene rings is 2. The molecular weight excluding hydrogens is 216 g/mol. The Kier molecular flexibility index (Phi) is 3.31. The number of alkyl halides is 1. The first kappa shape index (κ1) is 11.2. The van der Waals surface area contributed by atoms with E-state index in [2.05, 4.69) is 56.3 Å². The van der Waals surface area contributed by atoms with Gasteiger partial charge in [-0.1, -0.05) is 42.0 Å². The molecule has 0 unspecified atom stereocenters. The molecule has 0 aromatic heterocycles. The van der Waals surface area contributed by atoms with Gasteiger partial charge in [-0.05, 0) is 42.2 Å². The third kappa shape index (κ3) is 2.28. The summed E-state index contributed by atoms with van der Waals surface area (Å²) in [5.74, 6) is 0.575. The molecule has 0 saturated carbocycles. The van der Waals surface area contributed by atoms with Gasteiger partial charge < -0.3 is 0 Å². The van der Waals surface area contributed by atoms with Crippen molar-refractivity contribution in [3.8, 4) is 11.1 Å². The number of hydrogen-bond donors (Lipinski definition) is 0. The second-order valence-electron chi connectivity index (χ2n) is 4.14. The van der Waals surface area contributed by atoms with Crippen LogP contribution in [0.5, 0.6) is 0 Å². The Hall–Kier alpha value is -1.27. The predicted molar refractivity (Wildman–Crippen MR) is 70.9 cm³/mol. The molecule has 1 heteroatoms. The normalized spacial score (nSPS) is 10.4. The van der Waals surface area contributed by atoms with Crippen molar-refractivity contribution in [1.82, 2.24) is 0 Å². The van der Waals surface area contributed by atoms with Crippen molar-refractivity contribution in [2.24, 2.45) is 0 Å². The standard InChI is InChI=1S/C15H15Cl/c1-11-3-6-13(7-4-11)14-8-5-12(2)15(9-14)10-16/h3-9H,10H2,1-2H3. The molecule has 2 aromatic carbocycles. The average molecular weight is 231 g/mol. The molecule has 0 amide bonds. The van der Waals surface area contributed by atoms with Crippen molar-refractivity contribution >= 4 is 11.6 Å². The average Bonchev–Trinajstić information content (AvgIpc) is 2.31. The lowest BCUT2D eigenvalue weighted by molar-refractivity contribution is 1.30. The van der Waals surface area contributed by atoms with E-state index in [-0.39, 0.29) is 0 Å². The van der Waals surface area contributed by atoms with Gasteiger partial charge in [-0.2, -0.15) is 0 Å². The topological polar surface area (TPSA) is 0 Å². The lowest BCUT2D eigenvalue weighted by Gasteiger charge is -2.07. The van der Waals surface area contributed by atoms with E-state index in [1.807, 2.05) is 0 Å². The van der Waals surface area contributed by atoms with Crippen molar-refractivity contribution in [2.75, 3.05) is 0 Å². The minimum atomic E-state index is 0.575. The van der Waals surface area contributed by atoms with Crippen LogP contribution in [0.2, 0.25) is 0 Å². The first-order chi connectivity index (χ1) is 7.70. The fourth-order valence-corrected chi connectivity index (χ4v) is 2.03. The Morgan fingerprint density at radius 3 is 2.12 bits per heavy atom. The molecule has 82 valence electrons. The summed E-state index contributed by atoms with van der Waals surface area (Å²) < 4.78 is 0. The predicted octanol–water partition coefficient (Wildman–Crippen LogP) is 4.71. The van der Waals surface area contributed by atoms with E-state index in [1.165, 1.54) is 27.8 Å². The van der Waals surface area contributed by atoms with Crippen LogP contribution in [-0.2, 0) is 5.88 Å². The minimum Gasteiger partial charge on any atom is -0.122 e. The third-order valence-corrected chi connectivity index (χ3v) is 3.17. The summed E-state index contributed by atoms with van der Waals surface area (Å²) in [6, 6.07) is 15.0. The van der Waals surface area contributed by atoms with Gasteiger partial charge in [0.2, 0.25) is 0 Å². The first-order valence-electron chi connectivity index (χ1n) is 5.43. The van der Waals surface area contributed by atoms with Crippen molar-refractivity contribution in [3.63, 3.8) is 0 Å². The molecule has 0 radical (unpaired) electrons.